The monoisotopic (exact) mass is 276 g/mol. The summed E-state index contributed by atoms with van der Waals surface area (Å²) in [5, 5.41) is 0. The van der Waals surface area contributed by atoms with Crippen LogP contribution in [0.4, 0.5) is 0 Å². The predicted molar refractivity (Wildman–Crippen MR) is 74.1 cm³/mol. The molecule has 2 aliphatic rings. The zero-order valence-electron chi connectivity index (χ0n) is 10.7. The van der Waals surface area contributed by atoms with Crippen LogP contribution in [0.2, 0.25) is 0 Å². The molecule has 2 fully saturated rings. The summed E-state index contributed by atoms with van der Waals surface area (Å²) in [7, 11) is -0.734. The van der Waals surface area contributed by atoms with Gasteiger partial charge in [-0.15, -0.1) is 0 Å². The first-order valence-corrected chi connectivity index (χ1v) is 10.2. The van der Waals surface area contributed by atoms with E-state index in [9.17, 15) is 0 Å². The van der Waals surface area contributed by atoms with E-state index in [1.54, 1.807) is 0 Å². The summed E-state index contributed by atoms with van der Waals surface area (Å²) >= 11 is 6.09. The number of hydrogen-bond acceptors (Lipinski definition) is 2. The molecular weight excluding hydrogens is 252 g/mol. The highest BCUT2D eigenvalue weighted by Crippen LogP contribution is 2.25. The van der Waals surface area contributed by atoms with Gasteiger partial charge in [0, 0.05) is 0 Å². The summed E-state index contributed by atoms with van der Waals surface area (Å²) in [6, 6.07) is 0. The van der Waals surface area contributed by atoms with Crippen molar-refractivity contribution in [1.29, 1.82) is 0 Å². The largest absolute Gasteiger partial charge is 0.352 e. The van der Waals surface area contributed by atoms with Crippen LogP contribution in [0.1, 0.15) is 64.2 Å². The van der Waals surface area contributed by atoms with E-state index in [1.165, 1.54) is 64.2 Å². The molecular formula is C13H25ClO2Si. The Morgan fingerprint density at radius 3 is 1.53 bits per heavy atom. The van der Waals surface area contributed by atoms with Crippen molar-refractivity contribution in [2.24, 2.45) is 0 Å². The normalized spacial score (nSPS) is 25.1. The predicted octanol–water partition coefficient (Wildman–Crippen LogP) is 3.29. The molecule has 2 rings (SSSR count). The topological polar surface area (TPSA) is 18.5 Å². The van der Waals surface area contributed by atoms with Crippen molar-refractivity contribution in [3.63, 3.8) is 0 Å². The lowest BCUT2D eigenvalue weighted by atomic mass is 9.98. The Morgan fingerprint density at radius 2 is 1.18 bits per heavy atom. The maximum Gasteiger partial charge on any atom is 0.190 e. The lowest BCUT2D eigenvalue weighted by molar-refractivity contribution is -0.160. The molecule has 4 heteroatoms. The molecule has 17 heavy (non-hydrogen) atoms. The van der Waals surface area contributed by atoms with Crippen LogP contribution in [-0.4, -0.2) is 27.0 Å². The summed E-state index contributed by atoms with van der Waals surface area (Å²) in [5.74, 6) is -0.0390. The minimum Gasteiger partial charge on any atom is -0.352 e. The molecule has 0 atom stereocenters. The lowest BCUT2D eigenvalue weighted by Crippen LogP contribution is -2.33. The van der Waals surface area contributed by atoms with Crippen LogP contribution in [0.3, 0.4) is 0 Å². The molecule has 0 aliphatic heterocycles. The summed E-state index contributed by atoms with van der Waals surface area (Å²) in [6.07, 6.45) is 13.6. The van der Waals surface area contributed by atoms with Crippen LogP contribution >= 0.6 is 11.1 Å². The molecule has 0 aromatic heterocycles. The van der Waals surface area contributed by atoms with Gasteiger partial charge in [-0.3, -0.25) is 0 Å². The molecule has 2 nitrogen and oxygen atoms in total. The van der Waals surface area contributed by atoms with Crippen LogP contribution in [0.5, 0.6) is 0 Å². The first-order valence-electron chi connectivity index (χ1n) is 7.25. The fraction of sp³-hybridized carbons (Fsp3) is 1.00. The van der Waals surface area contributed by atoms with E-state index in [4.69, 9.17) is 20.6 Å². The summed E-state index contributed by atoms with van der Waals surface area (Å²) in [6.45, 7) is 0. The Bertz CT molecular complexity index is 184. The van der Waals surface area contributed by atoms with E-state index in [0.29, 0.717) is 12.2 Å². The zero-order chi connectivity index (χ0) is 11.9. The fourth-order valence-electron chi connectivity index (χ4n) is 2.94. The van der Waals surface area contributed by atoms with Crippen LogP contribution in [0.15, 0.2) is 0 Å². The van der Waals surface area contributed by atoms with Crippen molar-refractivity contribution < 1.29 is 9.47 Å². The van der Waals surface area contributed by atoms with E-state index in [1.807, 2.05) is 0 Å². The van der Waals surface area contributed by atoms with E-state index < -0.39 is 8.83 Å². The Labute approximate surface area is 112 Å². The van der Waals surface area contributed by atoms with Gasteiger partial charge < -0.3 is 9.47 Å². The quantitative estimate of drug-likeness (QED) is 0.436. The molecule has 100 valence electrons. The lowest BCUT2D eigenvalue weighted by Gasteiger charge is -2.30. The third-order valence-electron chi connectivity index (χ3n) is 3.92. The molecule has 0 unspecified atom stereocenters. The van der Waals surface area contributed by atoms with Gasteiger partial charge in [0.2, 0.25) is 0 Å². The molecule has 0 amide bonds. The second-order valence-corrected chi connectivity index (χ2v) is 7.28. The highest BCUT2D eigenvalue weighted by atomic mass is 35.6. The molecule has 0 heterocycles. The molecule has 0 bridgehead atoms. The van der Waals surface area contributed by atoms with Crippen LogP contribution in [-0.2, 0) is 9.47 Å². The minimum atomic E-state index is -0.734. The van der Waals surface area contributed by atoms with Crippen molar-refractivity contribution in [3.8, 4) is 0 Å². The van der Waals surface area contributed by atoms with E-state index in [2.05, 4.69) is 0 Å². The standard InChI is InChI=1S/C13H25ClO2Si/c14-17-13(15-11-7-3-1-4-8-11)16-12-9-5-2-6-10-12/h11-13H,1-10,17H2. The van der Waals surface area contributed by atoms with Crippen LogP contribution in [0.25, 0.3) is 0 Å². The Hall–Kier alpha value is 0.427. The molecule has 0 radical (unpaired) electrons. The SMILES string of the molecule is Cl[SiH2]C(OC1CCCCC1)OC1CCCCC1. The van der Waals surface area contributed by atoms with Gasteiger partial charge in [0.1, 0.15) is 0 Å². The third-order valence-corrected chi connectivity index (χ3v) is 5.31. The summed E-state index contributed by atoms with van der Waals surface area (Å²) in [4.78, 5) is 0. The van der Waals surface area contributed by atoms with Gasteiger partial charge in [0.15, 0.2) is 14.7 Å². The van der Waals surface area contributed by atoms with Crippen molar-refractivity contribution in [2.75, 3.05) is 0 Å². The van der Waals surface area contributed by atoms with Gasteiger partial charge in [-0.2, -0.15) is 11.1 Å². The molecule has 2 aliphatic carbocycles. The average Bonchev–Trinajstić information content (AvgIpc) is 2.40. The van der Waals surface area contributed by atoms with Gasteiger partial charge in [-0.05, 0) is 25.7 Å². The third kappa shape index (κ3) is 4.90. The molecule has 2 saturated carbocycles. The smallest absolute Gasteiger partial charge is 0.190 e. The first-order chi connectivity index (χ1) is 8.38. The highest BCUT2D eigenvalue weighted by Gasteiger charge is 2.23. The number of halogens is 1. The van der Waals surface area contributed by atoms with Crippen molar-refractivity contribution in [2.45, 2.75) is 82.3 Å². The number of hydrogen-bond donors (Lipinski definition) is 0. The molecule has 0 N–H and O–H groups in total. The van der Waals surface area contributed by atoms with Gasteiger partial charge in [-0.1, -0.05) is 38.5 Å². The molecule has 0 saturated heterocycles. The minimum absolute atomic E-state index is 0.0390. The first kappa shape index (κ1) is 13.8. The zero-order valence-corrected chi connectivity index (χ0v) is 12.9. The molecule has 0 spiro atoms. The number of ether oxygens (including phenoxy) is 2. The maximum atomic E-state index is 6.09. The number of rotatable bonds is 5. The van der Waals surface area contributed by atoms with Gasteiger partial charge in [0.05, 0.1) is 12.2 Å². The summed E-state index contributed by atoms with van der Waals surface area (Å²) in [5.41, 5.74) is 0. The Balaban J connectivity index is 1.71. The second kappa shape index (κ2) is 7.77. The van der Waals surface area contributed by atoms with Gasteiger partial charge in [0.25, 0.3) is 0 Å². The maximum absolute atomic E-state index is 6.09. The second-order valence-electron chi connectivity index (χ2n) is 5.38. The van der Waals surface area contributed by atoms with Gasteiger partial charge in [-0.25, -0.2) is 0 Å². The van der Waals surface area contributed by atoms with Crippen LogP contribution in [0, 0.1) is 0 Å². The van der Waals surface area contributed by atoms with E-state index >= 15 is 0 Å². The fourth-order valence-corrected chi connectivity index (χ4v) is 4.06. The average molecular weight is 277 g/mol. The molecule has 0 aromatic rings. The van der Waals surface area contributed by atoms with Crippen molar-refractivity contribution >= 4 is 19.9 Å². The highest BCUT2D eigenvalue weighted by molar-refractivity contribution is 6.94. The molecule has 0 aromatic carbocycles. The Kier molecular flexibility index (Phi) is 6.33. The Morgan fingerprint density at radius 1 is 0.765 bits per heavy atom. The summed E-state index contributed by atoms with van der Waals surface area (Å²) < 4.78 is 12.1. The van der Waals surface area contributed by atoms with Crippen molar-refractivity contribution in [1.82, 2.24) is 0 Å². The van der Waals surface area contributed by atoms with E-state index in [-0.39, 0.29) is 5.91 Å². The van der Waals surface area contributed by atoms with Gasteiger partial charge >= 0.3 is 0 Å². The van der Waals surface area contributed by atoms with Crippen molar-refractivity contribution in [3.05, 3.63) is 0 Å². The van der Waals surface area contributed by atoms with Crippen LogP contribution < -0.4 is 0 Å². The van der Waals surface area contributed by atoms with E-state index in [0.717, 1.165) is 0 Å².